The molecule has 5 heteroatoms. The third-order valence-corrected chi connectivity index (χ3v) is 3.97. The van der Waals surface area contributed by atoms with E-state index in [-0.39, 0.29) is 12.5 Å². The van der Waals surface area contributed by atoms with Crippen molar-refractivity contribution < 1.29 is 14.3 Å². The van der Waals surface area contributed by atoms with E-state index >= 15 is 0 Å². The molecule has 2 N–H and O–H groups in total. The van der Waals surface area contributed by atoms with Gasteiger partial charge in [0.1, 0.15) is 11.5 Å². The van der Waals surface area contributed by atoms with Gasteiger partial charge in [0.2, 0.25) is 5.91 Å². The van der Waals surface area contributed by atoms with E-state index in [1.807, 2.05) is 0 Å². The lowest BCUT2D eigenvalue weighted by Crippen LogP contribution is -2.29. The summed E-state index contributed by atoms with van der Waals surface area (Å²) in [5, 5.41) is 6.05. The first-order valence-corrected chi connectivity index (χ1v) is 8.13. The summed E-state index contributed by atoms with van der Waals surface area (Å²) >= 11 is 0. The minimum atomic E-state index is -0.0887. The van der Waals surface area contributed by atoms with Crippen molar-refractivity contribution in [1.82, 2.24) is 5.32 Å². The number of benzene rings is 1. The summed E-state index contributed by atoms with van der Waals surface area (Å²) in [5.41, 5.74) is 2.13. The van der Waals surface area contributed by atoms with Crippen molar-refractivity contribution >= 4 is 11.6 Å². The standard InChI is InChI=1S/C18H26N2O3/c1-22-15-8-9-17(23-2)16(12-15)20-18(21)13-19-11-10-14-6-4-3-5-7-14/h6,8-9,12,19H,3-5,7,10-11,13H2,1-2H3,(H,20,21). The molecular formula is C18H26N2O3. The zero-order valence-electron chi connectivity index (χ0n) is 14.0. The van der Waals surface area contributed by atoms with Crippen LogP contribution in [0, 0.1) is 0 Å². The molecule has 1 aromatic carbocycles. The summed E-state index contributed by atoms with van der Waals surface area (Å²) in [6.07, 6.45) is 8.37. The fourth-order valence-corrected chi connectivity index (χ4v) is 2.69. The molecule has 0 heterocycles. The molecule has 23 heavy (non-hydrogen) atoms. The van der Waals surface area contributed by atoms with Gasteiger partial charge in [-0.15, -0.1) is 0 Å². The van der Waals surface area contributed by atoms with Crippen LogP contribution >= 0.6 is 0 Å². The molecule has 0 fully saturated rings. The molecule has 0 atom stereocenters. The molecule has 0 saturated carbocycles. The van der Waals surface area contributed by atoms with Gasteiger partial charge in [-0.1, -0.05) is 11.6 Å². The van der Waals surface area contributed by atoms with Crippen LogP contribution in [0.2, 0.25) is 0 Å². The average Bonchev–Trinajstić information content (AvgIpc) is 2.59. The minimum absolute atomic E-state index is 0.0887. The Morgan fingerprint density at radius 2 is 2.09 bits per heavy atom. The Balaban J connectivity index is 1.77. The van der Waals surface area contributed by atoms with Crippen LogP contribution in [0.1, 0.15) is 32.1 Å². The fraction of sp³-hybridized carbons (Fsp3) is 0.500. The number of amides is 1. The van der Waals surface area contributed by atoms with Gasteiger partial charge in [-0.05, 0) is 50.8 Å². The van der Waals surface area contributed by atoms with Gasteiger partial charge in [0.25, 0.3) is 0 Å². The largest absolute Gasteiger partial charge is 0.497 e. The van der Waals surface area contributed by atoms with E-state index in [2.05, 4.69) is 16.7 Å². The number of allylic oxidation sites excluding steroid dienone is 1. The second kappa shape index (κ2) is 9.20. The Labute approximate surface area is 138 Å². The summed E-state index contributed by atoms with van der Waals surface area (Å²) in [6.45, 7) is 1.11. The highest BCUT2D eigenvalue weighted by Gasteiger charge is 2.09. The van der Waals surface area contributed by atoms with Crippen molar-refractivity contribution in [1.29, 1.82) is 0 Å². The molecule has 0 radical (unpaired) electrons. The van der Waals surface area contributed by atoms with Crippen LogP contribution in [0.25, 0.3) is 0 Å². The van der Waals surface area contributed by atoms with E-state index in [9.17, 15) is 4.79 Å². The molecule has 1 aliphatic rings. The van der Waals surface area contributed by atoms with Gasteiger partial charge in [-0.25, -0.2) is 0 Å². The Morgan fingerprint density at radius 1 is 1.22 bits per heavy atom. The predicted molar refractivity (Wildman–Crippen MR) is 92.2 cm³/mol. The maximum Gasteiger partial charge on any atom is 0.238 e. The summed E-state index contributed by atoms with van der Waals surface area (Å²) in [6, 6.07) is 5.33. The van der Waals surface area contributed by atoms with Gasteiger partial charge in [-0.2, -0.15) is 0 Å². The molecule has 0 saturated heterocycles. The van der Waals surface area contributed by atoms with E-state index in [1.54, 1.807) is 32.4 Å². The molecule has 1 aromatic rings. The van der Waals surface area contributed by atoms with Gasteiger partial charge in [0.05, 0.1) is 26.5 Å². The topological polar surface area (TPSA) is 59.6 Å². The van der Waals surface area contributed by atoms with Crippen LogP contribution < -0.4 is 20.1 Å². The first-order chi connectivity index (χ1) is 11.2. The van der Waals surface area contributed by atoms with Gasteiger partial charge in [0, 0.05) is 6.07 Å². The second-order valence-electron chi connectivity index (χ2n) is 5.65. The lowest BCUT2D eigenvalue weighted by molar-refractivity contribution is -0.115. The average molecular weight is 318 g/mol. The van der Waals surface area contributed by atoms with Crippen LogP contribution in [-0.4, -0.2) is 33.2 Å². The number of hydrogen-bond acceptors (Lipinski definition) is 4. The molecule has 126 valence electrons. The van der Waals surface area contributed by atoms with Gasteiger partial charge in [0.15, 0.2) is 0 Å². The number of ether oxygens (including phenoxy) is 2. The third-order valence-electron chi connectivity index (χ3n) is 3.97. The monoisotopic (exact) mass is 318 g/mol. The molecule has 0 bridgehead atoms. The number of methoxy groups -OCH3 is 2. The van der Waals surface area contributed by atoms with Gasteiger partial charge in [-0.3, -0.25) is 4.79 Å². The third kappa shape index (κ3) is 5.60. The molecule has 0 spiro atoms. The number of anilines is 1. The number of rotatable bonds is 8. The Morgan fingerprint density at radius 3 is 2.78 bits per heavy atom. The van der Waals surface area contributed by atoms with E-state index in [1.165, 1.54) is 31.3 Å². The highest BCUT2D eigenvalue weighted by Crippen LogP contribution is 2.28. The van der Waals surface area contributed by atoms with Crippen LogP contribution in [0.15, 0.2) is 29.8 Å². The lowest BCUT2D eigenvalue weighted by atomic mass is 9.97. The number of carbonyl (C=O) groups excluding carboxylic acids is 1. The second-order valence-corrected chi connectivity index (χ2v) is 5.65. The van der Waals surface area contributed by atoms with Gasteiger partial charge < -0.3 is 20.1 Å². The quantitative estimate of drug-likeness (QED) is 0.571. The van der Waals surface area contributed by atoms with Crippen molar-refractivity contribution in [3.05, 3.63) is 29.8 Å². The SMILES string of the molecule is COc1ccc(OC)c(NC(=O)CNCCC2=CCCCC2)c1. The predicted octanol–water partition coefficient (Wildman–Crippen LogP) is 3.12. The van der Waals surface area contributed by atoms with Crippen molar-refractivity contribution in [3.8, 4) is 11.5 Å². The molecule has 0 aliphatic heterocycles. The van der Waals surface area contributed by atoms with Gasteiger partial charge >= 0.3 is 0 Å². The van der Waals surface area contributed by atoms with Crippen LogP contribution in [0.4, 0.5) is 5.69 Å². The summed E-state index contributed by atoms with van der Waals surface area (Å²) in [7, 11) is 3.17. The molecule has 1 aliphatic carbocycles. The minimum Gasteiger partial charge on any atom is -0.497 e. The first-order valence-electron chi connectivity index (χ1n) is 8.13. The molecule has 5 nitrogen and oxygen atoms in total. The molecule has 2 rings (SSSR count). The zero-order chi connectivity index (χ0) is 16.5. The summed E-state index contributed by atoms with van der Waals surface area (Å²) in [5.74, 6) is 1.21. The van der Waals surface area contributed by atoms with Crippen LogP contribution in [0.3, 0.4) is 0 Å². The van der Waals surface area contributed by atoms with E-state index < -0.39 is 0 Å². The Kier molecular flexibility index (Phi) is 6.94. The van der Waals surface area contributed by atoms with Crippen LogP contribution in [-0.2, 0) is 4.79 Å². The number of hydrogen-bond donors (Lipinski definition) is 2. The maximum absolute atomic E-state index is 12.0. The van der Waals surface area contributed by atoms with Crippen molar-refractivity contribution in [2.24, 2.45) is 0 Å². The first kappa shape index (κ1) is 17.3. The summed E-state index contributed by atoms with van der Waals surface area (Å²) < 4.78 is 10.4. The molecule has 0 aromatic heterocycles. The van der Waals surface area contributed by atoms with Crippen molar-refractivity contribution in [3.63, 3.8) is 0 Å². The molecule has 0 unspecified atom stereocenters. The number of nitrogens with one attached hydrogen (secondary N) is 2. The summed E-state index contributed by atoms with van der Waals surface area (Å²) in [4.78, 5) is 12.0. The highest BCUT2D eigenvalue weighted by molar-refractivity contribution is 5.93. The Bertz CT molecular complexity index is 555. The van der Waals surface area contributed by atoms with E-state index in [0.717, 1.165) is 13.0 Å². The van der Waals surface area contributed by atoms with E-state index in [0.29, 0.717) is 17.2 Å². The lowest BCUT2D eigenvalue weighted by Gasteiger charge is -2.14. The molecule has 1 amide bonds. The Hall–Kier alpha value is -2.01. The van der Waals surface area contributed by atoms with Crippen molar-refractivity contribution in [2.75, 3.05) is 32.6 Å². The van der Waals surface area contributed by atoms with E-state index in [4.69, 9.17) is 9.47 Å². The number of carbonyl (C=O) groups is 1. The highest BCUT2D eigenvalue weighted by atomic mass is 16.5. The smallest absolute Gasteiger partial charge is 0.238 e. The fourth-order valence-electron chi connectivity index (χ4n) is 2.69. The maximum atomic E-state index is 12.0. The normalized spacial score (nSPS) is 14.1. The zero-order valence-corrected chi connectivity index (χ0v) is 14.0. The van der Waals surface area contributed by atoms with Crippen LogP contribution in [0.5, 0.6) is 11.5 Å². The molecular weight excluding hydrogens is 292 g/mol. The van der Waals surface area contributed by atoms with Crippen molar-refractivity contribution in [2.45, 2.75) is 32.1 Å².